The van der Waals surface area contributed by atoms with Crippen molar-refractivity contribution in [2.75, 3.05) is 7.05 Å². The van der Waals surface area contributed by atoms with Gasteiger partial charge in [0.25, 0.3) is 0 Å². The summed E-state index contributed by atoms with van der Waals surface area (Å²) in [6, 6.07) is 1.51. The molecule has 0 aliphatic heterocycles. The third-order valence-electron chi connectivity index (χ3n) is 2.74. The van der Waals surface area contributed by atoms with E-state index >= 15 is 0 Å². The first-order valence-corrected chi connectivity index (χ1v) is 5.72. The lowest BCUT2D eigenvalue weighted by Gasteiger charge is -2.06. The Morgan fingerprint density at radius 3 is 2.42 bits per heavy atom. The number of hydrogen-bond donors (Lipinski definition) is 1. The van der Waals surface area contributed by atoms with E-state index in [1.54, 1.807) is 7.05 Å². The summed E-state index contributed by atoms with van der Waals surface area (Å²) in [5.74, 6) is -3.77. The van der Waals surface area contributed by atoms with Gasteiger partial charge in [-0.3, -0.25) is 0 Å². The molecule has 4 nitrogen and oxygen atoms in total. The third-order valence-corrected chi connectivity index (χ3v) is 2.74. The lowest BCUT2D eigenvalue weighted by atomic mass is 10.2. The van der Waals surface area contributed by atoms with Crippen molar-refractivity contribution in [3.63, 3.8) is 0 Å². The molecule has 1 aromatic heterocycles. The Bertz CT molecular complexity index is 558. The fourth-order valence-corrected chi connectivity index (χ4v) is 1.68. The van der Waals surface area contributed by atoms with Gasteiger partial charge in [-0.2, -0.15) is 4.98 Å². The van der Waals surface area contributed by atoms with Crippen LogP contribution in [0.25, 0.3) is 11.4 Å². The third kappa shape index (κ3) is 2.60. The molecule has 1 aromatic carbocycles. The van der Waals surface area contributed by atoms with Crippen molar-refractivity contribution in [3.05, 3.63) is 35.5 Å². The Kier molecular flexibility index (Phi) is 3.84. The first-order chi connectivity index (χ1) is 9.06. The second-order valence-corrected chi connectivity index (χ2v) is 3.96. The quantitative estimate of drug-likeness (QED) is 0.869. The molecular formula is C12H12F3N3O. The van der Waals surface area contributed by atoms with Crippen LogP contribution in [-0.4, -0.2) is 17.2 Å². The van der Waals surface area contributed by atoms with Gasteiger partial charge < -0.3 is 9.84 Å². The summed E-state index contributed by atoms with van der Waals surface area (Å²) in [7, 11) is 1.73. The van der Waals surface area contributed by atoms with Crippen LogP contribution in [0.15, 0.2) is 16.7 Å². The molecule has 1 atom stereocenters. The normalized spacial score (nSPS) is 12.7. The van der Waals surface area contributed by atoms with Gasteiger partial charge in [-0.1, -0.05) is 12.1 Å². The smallest absolute Gasteiger partial charge is 0.244 e. The second-order valence-electron chi connectivity index (χ2n) is 3.96. The summed E-state index contributed by atoms with van der Waals surface area (Å²) in [6.07, 6.45) is 0.713. The zero-order valence-corrected chi connectivity index (χ0v) is 10.4. The minimum atomic E-state index is -1.52. The van der Waals surface area contributed by atoms with Crippen LogP contribution in [-0.2, 0) is 0 Å². The highest BCUT2D eigenvalue weighted by Crippen LogP contribution is 2.23. The largest absolute Gasteiger partial charge is 0.337 e. The molecule has 0 bridgehead atoms. The number of nitrogens with zero attached hydrogens (tertiary/aromatic N) is 2. The van der Waals surface area contributed by atoms with Gasteiger partial charge in [0.15, 0.2) is 17.5 Å². The summed E-state index contributed by atoms with van der Waals surface area (Å²) < 4.78 is 44.1. The molecule has 0 aliphatic rings. The van der Waals surface area contributed by atoms with Crippen LogP contribution < -0.4 is 5.32 Å². The highest BCUT2D eigenvalue weighted by molar-refractivity contribution is 5.54. The van der Waals surface area contributed by atoms with Crippen molar-refractivity contribution >= 4 is 0 Å². The van der Waals surface area contributed by atoms with Gasteiger partial charge in [-0.05, 0) is 25.6 Å². The van der Waals surface area contributed by atoms with Crippen LogP contribution in [0.3, 0.4) is 0 Å². The Morgan fingerprint density at radius 1 is 1.26 bits per heavy atom. The summed E-state index contributed by atoms with van der Waals surface area (Å²) >= 11 is 0. The van der Waals surface area contributed by atoms with Crippen molar-refractivity contribution in [1.29, 1.82) is 0 Å². The molecule has 0 aliphatic carbocycles. The molecule has 0 amide bonds. The molecular weight excluding hydrogens is 259 g/mol. The lowest BCUT2D eigenvalue weighted by molar-refractivity contribution is 0.334. The van der Waals surface area contributed by atoms with Gasteiger partial charge in [0.2, 0.25) is 11.7 Å². The van der Waals surface area contributed by atoms with Crippen LogP contribution in [0.4, 0.5) is 13.2 Å². The van der Waals surface area contributed by atoms with Gasteiger partial charge in [0.05, 0.1) is 6.04 Å². The number of rotatable bonds is 4. The highest BCUT2D eigenvalue weighted by Gasteiger charge is 2.18. The van der Waals surface area contributed by atoms with Crippen LogP contribution in [0.2, 0.25) is 0 Å². The van der Waals surface area contributed by atoms with Crippen molar-refractivity contribution in [1.82, 2.24) is 15.5 Å². The maximum Gasteiger partial charge on any atom is 0.244 e. The summed E-state index contributed by atoms with van der Waals surface area (Å²) in [5, 5.41) is 6.59. The number of aromatic nitrogens is 2. The van der Waals surface area contributed by atoms with E-state index in [-0.39, 0.29) is 17.4 Å². The predicted octanol–water partition coefficient (Wildman–Crippen LogP) is 2.82. The number of hydrogen-bond acceptors (Lipinski definition) is 4. The van der Waals surface area contributed by atoms with E-state index in [4.69, 9.17) is 4.52 Å². The van der Waals surface area contributed by atoms with Gasteiger partial charge in [-0.15, -0.1) is 0 Å². The predicted molar refractivity (Wildman–Crippen MR) is 61.7 cm³/mol. The van der Waals surface area contributed by atoms with E-state index in [9.17, 15) is 13.2 Å². The average Bonchev–Trinajstić information content (AvgIpc) is 2.86. The molecule has 0 radical (unpaired) electrons. The molecule has 0 saturated heterocycles. The zero-order chi connectivity index (χ0) is 14.0. The van der Waals surface area contributed by atoms with E-state index < -0.39 is 17.5 Å². The zero-order valence-electron chi connectivity index (χ0n) is 10.4. The monoisotopic (exact) mass is 271 g/mol. The summed E-state index contributed by atoms with van der Waals surface area (Å²) in [6.45, 7) is 1.92. The van der Waals surface area contributed by atoms with Crippen LogP contribution in [0.1, 0.15) is 25.3 Å². The molecule has 2 rings (SSSR count). The molecule has 7 heteroatoms. The van der Waals surface area contributed by atoms with Gasteiger partial charge in [0.1, 0.15) is 0 Å². The summed E-state index contributed by atoms with van der Waals surface area (Å²) in [4.78, 5) is 4.04. The Labute approximate surface area is 107 Å². The van der Waals surface area contributed by atoms with Crippen molar-refractivity contribution in [2.24, 2.45) is 0 Å². The Hall–Kier alpha value is -1.89. The van der Waals surface area contributed by atoms with E-state index in [0.29, 0.717) is 12.3 Å². The lowest BCUT2D eigenvalue weighted by Crippen LogP contribution is -2.15. The molecule has 19 heavy (non-hydrogen) atoms. The second kappa shape index (κ2) is 5.40. The van der Waals surface area contributed by atoms with Gasteiger partial charge in [-0.25, -0.2) is 13.2 Å². The fourth-order valence-electron chi connectivity index (χ4n) is 1.68. The van der Waals surface area contributed by atoms with E-state index in [1.165, 1.54) is 0 Å². The van der Waals surface area contributed by atoms with Gasteiger partial charge in [0, 0.05) is 5.56 Å². The van der Waals surface area contributed by atoms with Crippen LogP contribution in [0.5, 0.6) is 0 Å². The average molecular weight is 271 g/mol. The molecule has 1 N–H and O–H groups in total. The molecule has 2 aromatic rings. The molecule has 1 heterocycles. The first-order valence-electron chi connectivity index (χ1n) is 5.72. The topological polar surface area (TPSA) is 51.0 Å². The van der Waals surface area contributed by atoms with E-state index in [0.717, 1.165) is 12.1 Å². The maximum atomic E-state index is 13.1. The number of nitrogens with one attached hydrogen (secondary N) is 1. The Balaban J connectivity index is 2.38. The van der Waals surface area contributed by atoms with Crippen molar-refractivity contribution in [3.8, 4) is 11.4 Å². The molecule has 0 spiro atoms. The number of halogens is 3. The van der Waals surface area contributed by atoms with Crippen LogP contribution in [0, 0.1) is 17.5 Å². The summed E-state index contributed by atoms with van der Waals surface area (Å²) in [5.41, 5.74) is 0.0253. The van der Waals surface area contributed by atoms with E-state index in [2.05, 4.69) is 15.5 Å². The molecule has 102 valence electrons. The van der Waals surface area contributed by atoms with Crippen molar-refractivity contribution < 1.29 is 17.7 Å². The number of benzene rings is 1. The van der Waals surface area contributed by atoms with Crippen molar-refractivity contribution in [2.45, 2.75) is 19.4 Å². The maximum absolute atomic E-state index is 13.1. The Morgan fingerprint density at radius 2 is 1.89 bits per heavy atom. The van der Waals surface area contributed by atoms with E-state index in [1.807, 2.05) is 6.92 Å². The van der Waals surface area contributed by atoms with Crippen LogP contribution >= 0.6 is 0 Å². The standard InChI is InChI=1S/C12H12F3N3O/c1-3-9(16-2)12-17-11(18-19-12)6-4-7(13)10(15)8(14)5-6/h4-5,9,16H,3H2,1-2H3. The van der Waals surface area contributed by atoms with Gasteiger partial charge >= 0.3 is 0 Å². The first kappa shape index (κ1) is 13.5. The molecule has 0 fully saturated rings. The molecule has 0 saturated carbocycles. The highest BCUT2D eigenvalue weighted by atomic mass is 19.2. The SMILES string of the molecule is CCC(NC)c1nc(-c2cc(F)c(F)c(F)c2)no1. The molecule has 1 unspecified atom stereocenters. The fraction of sp³-hybridized carbons (Fsp3) is 0.333. The minimum Gasteiger partial charge on any atom is -0.337 e. The minimum absolute atomic E-state index is 0.0153.